The molecule has 9 heteroatoms. The molecule has 0 aliphatic carbocycles. The minimum atomic E-state index is -3.82. The first-order valence-electron chi connectivity index (χ1n) is 10.4. The van der Waals surface area contributed by atoms with Crippen molar-refractivity contribution in [3.8, 4) is 23.0 Å². The van der Waals surface area contributed by atoms with E-state index in [-0.39, 0.29) is 11.0 Å². The van der Waals surface area contributed by atoms with Gasteiger partial charge in [-0.2, -0.15) is 0 Å². The quantitative estimate of drug-likeness (QED) is 0.479. The lowest BCUT2D eigenvalue weighted by atomic mass is 10.3. The van der Waals surface area contributed by atoms with E-state index in [4.69, 9.17) is 25.8 Å². The van der Waals surface area contributed by atoms with Crippen LogP contribution in [-0.2, 0) is 10.0 Å². The second-order valence-electron chi connectivity index (χ2n) is 7.77. The Morgan fingerprint density at radius 3 is 2.39 bits per heavy atom. The first-order valence-corrected chi connectivity index (χ1v) is 12.3. The number of hydrogen-bond acceptors (Lipinski definition) is 6. The van der Waals surface area contributed by atoms with Gasteiger partial charge in [-0.15, -0.1) is 0 Å². The average Bonchev–Trinajstić information content (AvgIpc) is 3.21. The number of para-hydroxylation sites is 2. The number of likely N-dealkylation sites (N-methyl/N-ethyl adjacent to an activating group) is 1. The maximum atomic E-state index is 12.9. The molecule has 1 aliphatic rings. The summed E-state index contributed by atoms with van der Waals surface area (Å²) in [7, 11) is -0.230. The fourth-order valence-electron chi connectivity index (χ4n) is 3.56. The second-order valence-corrected chi connectivity index (χ2v) is 9.86. The lowest BCUT2D eigenvalue weighted by Gasteiger charge is -2.16. The number of ether oxygens (including phenoxy) is 3. The van der Waals surface area contributed by atoms with Gasteiger partial charge in [0.1, 0.15) is 17.6 Å². The SMILES string of the molecule is COc1ccccc1Oc1ccc(S(=O)(=O)Nc2ccc(Cl)c(O[C@@H]3CCN(C)C3)c2)cc1. The van der Waals surface area contributed by atoms with Crippen molar-refractivity contribution in [3.05, 3.63) is 71.8 Å². The number of hydrogen-bond donors (Lipinski definition) is 1. The predicted molar refractivity (Wildman–Crippen MR) is 128 cm³/mol. The lowest BCUT2D eigenvalue weighted by molar-refractivity contribution is 0.208. The summed E-state index contributed by atoms with van der Waals surface area (Å²) in [6.45, 7) is 1.75. The molecule has 1 aliphatic heterocycles. The van der Waals surface area contributed by atoms with Gasteiger partial charge in [0.2, 0.25) is 0 Å². The predicted octanol–water partition coefficient (Wildman–Crippen LogP) is 5.02. The Morgan fingerprint density at radius 2 is 1.73 bits per heavy atom. The van der Waals surface area contributed by atoms with Gasteiger partial charge in [-0.25, -0.2) is 8.42 Å². The first kappa shape index (κ1) is 23.2. The van der Waals surface area contributed by atoms with Crippen molar-refractivity contribution in [1.82, 2.24) is 4.90 Å². The molecule has 0 unspecified atom stereocenters. The van der Waals surface area contributed by atoms with Gasteiger partial charge in [-0.1, -0.05) is 23.7 Å². The second kappa shape index (κ2) is 9.91. The number of rotatable bonds is 8. The number of anilines is 1. The number of nitrogens with one attached hydrogen (secondary N) is 1. The van der Waals surface area contributed by atoms with E-state index in [1.807, 2.05) is 19.2 Å². The van der Waals surface area contributed by atoms with Crippen LogP contribution < -0.4 is 18.9 Å². The van der Waals surface area contributed by atoms with Crippen LogP contribution in [0.5, 0.6) is 23.0 Å². The zero-order valence-corrected chi connectivity index (χ0v) is 19.9. The Morgan fingerprint density at radius 1 is 1.00 bits per heavy atom. The topological polar surface area (TPSA) is 77.1 Å². The molecule has 0 saturated carbocycles. The van der Waals surface area contributed by atoms with Gasteiger partial charge in [-0.3, -0.25) is 4.72 Å². The molecule has 0 spiro atoms. The minimum absolute atomic E-state index is 0.0233. The molecule has 7 nitrogen and oxygen atoms in total. The molecule has 1 heterocycles. The molecule has 1 fully saturated rings. The Bertz CT molecular complexity index is 1220. The van der Waals surface area contributed by atoms with Crippen LogP contribution in [0.1, 0.15) is 6.42 Å². The van der Waals surface area contributed by atoms with E-state index in [2.05, 4.69) is 9.62 Å². The van der Waals surface area contributed by atoms with Crippen LogP contribution >= 0.6 is 11.6 Å². The Hall–Kier alpha value is -2.94. The van der Waals surface area contributed by atoms with Gasteiger partial charge in [0.05, 0.1) is 22.7 Å². The van der Waals surface area contributed by atoms with Crippen molar-refractivity contribution >= 4 is 27.3 Å². The molecule has 0 amide bonds. The highest BCUT2D eigenvalue weighted by Gasteiger charge is 2.22. The van der Waals surface area contributed by atoms with Crippen LogP contribution in [0.3, 0.4) is 0 Å². The largest absolute Gasteiger partial charge is 0.493 e. The number of likely N-dealkylation sites (tertiary alicyclic amines) is 1. The number of sulfonamides is 1. The molecular formula is C24H25ClN2O5S. The molecular weight excluding hydrogens is 464 g/mol. The van der Waals surface area contributed by atoms with Crippen molar-refractivity contribution in [2.45, 2.75) is 17.4 Å². The molecule has 1 N–H and O–H groups in total. The van der Waals surface area contributed by atoms with Crippen LogP contribution in [0.15, 0.2) is 71.6 Å². The fourth-order valence-corrected chi connectivity index (χ4v) is 4.77. The highest BCUT2D eigenvalue weighted by molar-refractivity contribution is 7.92. The summed E-state index contributed by atoms with van der Waals surface area (Å²) in [6.07, 6.45) is 0.918. The Labute approximate surface area is 198 Å². The third kappa shape index (κ3) is 5.71. The van der Waals surface area contributed by atoms with Gasteiger partial charge < -0.3 is 19.1 Å². The fraction of sp³-hybridized carbons (Fsp3) is 0.250. The third-order valence-electron chi connectivity index (χ3n) is 5.26. The summed E-state index contributed by atoms with van der Waals surface area (Å²) in [5.74, 6) is 2.07. The summed E-state index contributed by atoms with van der Waals surface area (Å²) < 4.78 is 45.5. The molecule has 1 atom stereocenters. The molecule has 33 heavy (non-hydrogen) atoms. The third-order valence-corrected chi connectivity index (χ3v) is 6.97. The van der Waals surface area contributed by atoms with E-state index in [0.717, 1.165) is 19.5 Å². The van der Waals surface area contributed by atoms with E-state index in [0.29, 0.717) is 33.7 Å². The number of benzene rings is 3. The minimum Gasteiger partial charge on any atom is -0.493 e. The molecule has 174 valence electrons. The Balaban J connectivity index is 1.47. The van der Waals surface area contributed by atoms with E-state index >= 15 is 0 Å². The summed E-state index contributed by atoms with van der Waals surface area (Å²) in [4.78, 5) is 2.27. The van der Waals surface area contributed by atoms with E-state index < -0.39 is 10.0 Å². The van der Waals surface area contributed by atoms with Gasteiger partial charge in [-0.05, 0) is 62.0 Å². The highest BCUT2D eigenvalue weighted by atomic mass is 35.5. The zero-order chi connectivity index (χ0) is 23.4. The first-order chi connectivity index (χ1) is 15.8. The monoisotopic (exact) mass is 488 g/mol. The van der Waals surface area contributed by atoms with Crippen molar-refractivity contribution in [2.24, 2.45) is 0 Å². The summed E-state index contributed by atoms with van der Waals surface area (Å²) in [5.41, 5.74) is 0.370. The normalized spacial score (nSPS) is 16.4. The lowest BCUT2D eigenvalue weighted by Crippen LogP contribution is -2.21. The van der Waals surface area contributed by atoms with Crippen molar-refractivity contribution in [1.29, 1.82) is 0 Å². The molecule has 0 radical (unpaired) electrons. The van der Waals surface area contributed by atoms with Gasteiger partial charge >= 0.3 is 0 Å². The summed E-state index contributed by atoms with van der Waals surface area (Å²) in [5, 5.41) is 0.436. The number of nitrogens with zero attached hydrogens (tertiary/aromatic N) is 1. The summed E-state index contributed by atoms with van der Waals surface area (Å²) in [6, 6.07) is 18.2. The maximum Gasteiger partial charge on any atom is 0.261 e. The van der Waals surface area contributed by atoms with E-state index in [1.165, 1.54) is 12.1 Å². The van der Waals surface area contributed by atoms with E-state index in [9.17, 15) is 8.42 Å². The molecule has 4 rings (SSSR count). The number of methoxy groups -OCH3 is 1. The van der Waals surface area contributed by atoms with Crippen molar-refractivity contribution < 1.29 is 22.6 Å². The van der Waals surface area contributed by atoms with Gasteiger partial charge in [0.15, 0.2) is 11.5 Å². The van der Waals surface area contributed by atoms with E-state index in [1.54, 1.807) is 49.6 Å². The Kier molecular flexibility index (Phi) is 6.97. The van der Waals surface area contributed by atoms with Crippen LogP contribution in [0.4, 0.5) is 5.69 Å². The van der Waals surface area contributed by atoms with Crippen molar-refractivity contribution in [3.63, 3.8) is 0 Å². The average molecular weight is 489 g/mol. The molecule has 3 aromatic rings. The summed E-state index contributed by atoms with van der Waals surface area (Å²) >= 11 is 6.27. The standard InChI is InChI=1S/C24H25ClN2O5S/c1-27-14-13-19(16-27)32-24-15-17(7-12-21(24)25)26-33(28,29)20-10-8-18(9-11-20)31-23-6-4-3-5-22(23)30-2/h3-12,15,19,26H,13-14,16H2,1-2H3/t19-/m1/s1. The molecule has 1 saturated heterocycles. The molecule has 0 aromatic heterocycles. The number of halogens is 1. The van der Waals surface area contributed by atoms with Crippen LogP contribution in [0, 0.1) is 0 Å². The molecule has 0 bridgehead atoms. The van der Waals surface area contributed by atoms with Crippen LogP contribution in [0.2, 0.25) is 5.02 Å². The van der Waals surface area contributed by atoms with Crippen molar-refractivity contribution in [2.75, 3.05) is 32.0 Å². The molecule has 3 aromatic carbocycles. The zero-order valence-electron chi connectivity index (χ0n) is 18.3. The van der Waals surface area contributed by atoms with Gasteiger partial charge in [0.25, 0.3) is 10.0 Å². The maximum absolute atomic E-state index is 12.9. The van der Waals surface area contributed by atoms with Gasteiger partial charge in [0, 0.05) is 19.2 Å². The van der Waals surface area contributed by atoms with Crippen LogP contribution in [0.25, 0.3) is 0 Å². The smallest absolute Gasteiger partial charge is 0.261 e. The highest BCUT2D eigenvalue weighted by Crippen LogP contribution is 2.33. The van der Waals surface area contributed by atoms with Crippen LogP contribution in [-0.4, -0.2) is 46.7 Å².